The van der Waals surface area contributed by atoms with Gasteiger partial charge in [0, 0.05) is 5.56 Å². The molecular weight excluding hydrogens is 221 g/mol. The van der Waals surface area contributed by atoms with E-state index < -0.39 is 17.8 Å². The van der Waals surface area contributed by atoms with E-state index in [1.165, 1.54) is 18.2 Å². The smallest absolute Gasteiger partial charge is 0.386 e. The molecule has 2 N–H and O–H groups in total. The molecule has 0 saturated heterocycles. The number of oxime groups is 1. The molecule has 1 atom stereocenters. The van der Waals surface area contributed by atoms with Gasteiger partial charge in [0.1, 0.15) is 5.84 Å². The van der Waals surface area contributed by atoms with E-state index in [1.54, 1.807) is 0 Å². The van der Waals surface area contributed by atoms with Crippen molar-refractivity contribution in [3.8, 4) is 0 Å². The summed E-state index contributed by atoms with van der Waals surface area (Å²) in [5.74, 6) is 0.210. The van der Waals surface area contributed by atoms with Gasteiger partial charge in [-0.15, -0.1) is 0 Å². The van der Waals surface area contributed by atoms with E-state index in [-0.39, 0.29) is 17.8 Å². The second kappa shape index (κ2) is 3.70. The van der Waals surface area contributed by atoms with E-state index in [4.69, 9.17) is 10.6 Å². The molecule has 0 bridgehead atoms. The highest BCUT2D eigenvalue weighted by molar-refractivity contribution is 5.81. The summed E-state index contributed by atoms with van der Waals surface area (Å²) in [5.41, 5.74) is 4.73. The van der Waals surface area contributed by atoms with Crippen LogP contribution < -0.4 is 5.73 Å². The first-order chi connectivity index (χ1) is 7.48. The van der Waals surface area contributed by atoms with Gasteiger partial charge in [-0.3, -0.25) is 0 Å². The Morgan fingerprint density at radius 3 is 2.56 bits per heavy atom. The zero-order valence-electron chi connectivity index (χ0n) is 8.16. The predicted octanol–water partition coefficient (Wildman–Crippen LogP) is 2.44. The highest BCUT2D eigenvalue weighted by atomic mass is 19.4. The molecule has 0 radical (unpaired) electrons. The van der Waals surface area contributed by atoms with Crippen LogP contribution in [-0.2, 0) is 11.0 Å². The topological polar surface area (TPSA) is 47.6 Å². The number of hydrogen-bond donors (Lipinski definition) is 1. The summed E-state index contributed by atoms with van der Waals surface area (Å²) in [6.45, 7) is 0. The summed E-state index contributed by atoms with van der Waals surface area (Å²) in [6.07, 6.45) is -4.94. The van der Waals surface area contributed by atoms with Crippen molar-refractivity contribution in [1.29, 1.82) is 0 Å². The Morgan fingerprint density at radius 2 is 2.00 bits per heavy atom. The summed E-state index contributed by atoms with van der Waals surface area (Å²) in [4.78, 5) is 4.85. The van der Waals surface area contributed by atoms with Crippen molar-refractivity contribution in [2.24, 2.45) is 10.9 Å². The molecule has 2 rings (SSSR count). The quantitative estimate of drug-likeness (QED) is 0.805. The number of benzene rings is 1. The third kappa shape index (κ3) is 1.95. The number of hydrogen-bond acceptors (Lipinski definition) is 3. The lowest BCUT2D eigenvalue weighted by Crippen LogP contribution is -2.14. The maximum absolute atomic E-state index is 12.7. The van der Waals surface area contributed by atoms with Gasteiger partial charge in [0.2, 0.25) is 0 Å². The molecule has 16 heavy (non-hydrogen) atoms. The van der Waals surface area contributed by atoms with Gasteiger partial charge in [-0.05, 0) is 6.07 Å². The number of amidine groups is 1. The second-order valence-corrected chi connectivity index (χ2v) is 3.47. The van der Waals surface area contributed by atoms with E-state index in [0.717, 1.165) is 6.07 Å². The Kier molecular flexibility index (Phi) is 2.49. The molecule has 1 aromatic rings. The molecule has 0 spiro atoms. The molecule has 0 aromatic heterocycles. The lowest BCUT2D eigenvalue weighted by molar-refractivity contribution is -0.139. The predicted molar refractivity (Wildman–Crippen MR) is 51.5 cm³/mol. The normalized spacial score (nSPS) is 20.4. The van der Waals surface area contributed by atoms with Crippen molar-refractivity contribution in [2.75, 3.05) is 0 Å². The number of rotatable bonds is 1. The largest absolute Gasteiger partial charge is 0.416 e. The Morgan fingerprint density at radius 1 is 1.31 bits per heavy atom. The Bertz CT molecular complexity index is 428. The molecule has 86 valence electrons. The first kappa shape index (κ1) is 10.8. The van der Waals surface area contributed by atoms with E-state index in [9.17, 15) is 13.2 Å². The molecule has 1 aromatic carbocycles. The van der Waals surface area contributed by atoms with Crippen LogP contribution in [-0.4, -0.2) is 5.84 Å². The van der Waals surface area contributed by atoms with E-state index in [1.807, 2.05) is 0 Å². The van der Waals surface area contributed by atoms with Crippen LogP contribution in [0.3, 0.4) is 0 Å². The van der Waals surface area contributed by atoms with Crippen LogP contribution in [0, 0.1) is 0 Å². The fourth-order valence-corrected chi connectivity index (χ4v) is 1.60. The van der Waals surface area contributed by atoms with Crippen LogP contribution >= 0.6 is 0 Å². The molecule has 1 aliphatic rings. The monoisotopic (exact) mass is 230 g/mol. The van der Waals surface area contributed by atoms with Crippen molar-refractivity contribution in [3.63, 3.8) is 0 Å². The van der Waals surface area contributed by atoms with Crippen LogP contribution in [0.5, 0.6) is 0 Å². The summed E-state index contributed by atoms with van der Waals surface area (Å²) in [5, 5.41) is 3.44. The summed E-state index contributed by atoms with van der Waals surface area (Å²) < 4.78 is 38.0. The SMILES string of the molecule is NC1=NOC(c2ccccc2C(F)(F)F)C1. The fourth-order valence-electron chi connectivity index (χ4n) is 1.60. The van der Waals surface area contributed by atoms with Crippen molar-refractivity contribution in [1.82, 2.24) is 0 Å². The molecule has 0 aliphatic carbocycles. The van der Waals surface area contributed by atoms with Crippen molar-refractivity contribution in [2.45, 2.75) is 18.7 Å². The number of halogens is 3. The highest BCUT2D eigenvalue weighted by Gasteiger charge is 2.36. The second-order valence-electron chi connectivity index (χ2n) is 3.47. The van der Waals surface area contributed by atoms with Gasteiger partial charge in [0.05, 0.1) is 12.0 Å². The van der Waals surface area contributed by atoms with E-state index >= 15 is 0 Å². The van der Waals surface area contributed by atoms with Gasteiger partial charge in [-0.1, -0.05) is 23.4 Å². The molecule has 0 amide bonds. The van der Waals surface area contributed by atoms with E-state index in [2.05, 4.69) is 5.16 Å². The average Bonchev–Trinajstić information content (AvgIpc) is 2.64. The van der Waals surface area contributed by atoms with Gasteiger partial charge < -0.3 is 10.6 Å². The van der Waals surface area contributed by atoms with Gasteiger partial charge in [0.15, 0.2) is 6.10 Å². The Labute approximate surface area is 89.7 Å². The molecular formula is C10H9F3N2O. The minimum Gasteiger partial charge on any atom is -0.386 e. The van der Waals surface area contributed by atoms with Crippen LogP contribution in [0.25, 0.3) is 0 Å². The zero-order valence-corrected chi connectivity index (χ0v) is 8.16. The minimum absolute atomic E-state index is 0.0687. The zero-order chi connectivity index (χ0) is 11.8. The van der Waals surface area contributed by atoms with Crippen molar-refractivity contribution in [3.05, 3.63) is 35.4 Å². The molecule has 0 fully saturated rings. The van der Waals surface area contributed by atoms with Crippen LogP contribution in [0.2, 0.25) is 0 Å². The lowest BCUT2D eigenvalue weighted by atomic mass is 10.00. The minimum atomic E-state index is -4.39. The summed E-state index contributed by atoms with van der Waals surface area (Å²) in [6, 6.07) is 5.27. The average molecular weight is 230 g/mol. The van der Waals surface area contributed by atoms with Gasteiger partial charge in [0.25, 0.3) is 0 Å². The molecule has 0 saturated carbocycles. The van der Waals surface area contributed by atoms with Crippen molar-refractivity contribution < 1.29 is 18.0 Å². The Balaban J connectivity index is 2.35. The fraction of sp³-hybridized carbons (Fsp3) is 0.300. The maximum atomic E-state index is 12.7. The standard InChI is InChI=1S/C10H9F3N2O/c11-10(12,13)7-4-2-1-3-6(7)8-5-9(14)15-16-8/h1-4,8H,5H2,(H2,14,15). The summed E-state index contributed by atoms with van der Waals surface area (Å²) in [7, 11) is 0. The van der Waals surface area contributed by atoms with Crippen molar-refractivity contribution >= 4 is 5.84 Å². The molecule has 1 heterocycles. The summed E-state index contributed by atoms with van der Waals surface area (Å²) >= 11 is 0. The first-order valence-corrected chi connectivity index (χ1v) is 4.63. The number of nitrogens with two attached hydrogens (primary N) is 1. The van der Waals surface area contributed by atoms with Crippen LogP contribution in [0.1, 0.15) is 23.7 Å². The van der Waals surface area contributed by atoms with Gasteiger partial charge in [-0.25, -0.2) is 0 Å². The number of nitrogens with zero attached hydrogens (tertiary/aromatic N) is 1. The van der Waals surface area contributed by atoms with E-state index in [0.29, 0.717) is 0 Å². The van der Waals surface area contributed by atoms with Gasteiger partial charge >= 0.3 is 6.18 Å². The Hall–Kier alpha value is -1.72. The molecule has 1 aliphatic heterocycles. The third-order valence-electron chi connectivity index (χ3n) is 2.30. The first-order valence-electron chi connectivity index (χ1n) is 4.63. The molecule has 6 heteroatoms. The number of alkyl halides is 3. The third-order valence-corrected chi connectivity index (χ3v) is 2.30. The van der Waals surface area contributed by atoms with Gasteiger partial charge in [-0.2, -0.15) is 13.2 Å². The van der Waals surface area contributed by atoms with Crippen LogP contribution in [0.4, 0.5) is 13.2 Å². The molecule has 3 nitrogen and oxygen atoms in total. The highest BCUT2D eigenvalue weighted by Crippen LogP contribution is 2.37. The lowest BCUT2D eigenvalue weighted by Gasteiger charge is -2.15. The molecule has 1 unspecified atom stereocenters. The van der Waals surface area contributed by atoms with Crippen LogP contribution in [0.15, 0.2) is 29.4 Å². The maximum Gasteiger partial charge on any atom is 0.416 e.